The van der Waals surface area contributed by atoms with Gasteiger partial charge in [-0.1, -0.05) is 12.1 Å². The minimum atomic E-state index is -4.40. The van der Waals surface area contributed by atoms with Gasteiger partial charge in [-0.05, 0) is 37.6 Å². The standard InChI is InChI=1S/C18H23F3N4O/c1-14(17(26)23-13-18(19,20)21)25-8-2-7-24(9-10-25)12-16-5-3-15(11-22)4-6-16/h3-6,14H,2,7-10,12-13H2,1H3,(H,23,26). The smallest absolute Gasteiger partial charge is 0.346 e. The Morgan fingerprint density at radius 1 is 1.23 bits per heavy atom. The van der Waals surface area contributed by atoms with Crippen molar-refractivity contribution in [2.24, 2.45) is 0 Å². The molecule has 142 valence electrons. The zero-order valence-corrected chi connectivity index (χ0v) is 14.7. The van der Waals surface area contributed by atoms with Crippen LogP contribution in [0.2, 0.25) is 0 Å². The highest BCUT2D eigenvalue weighted by molar-refractivity contribution is 5.81. The topological polar surface area (TPSA) is 59.4 Å². The third-order valence-corrected chi connectivity index (χ3v) is 4.50. The van der Waals surface area contributed by atoms with Crippen molar-refractivity contribution in [1.29, 1.82) is 5.26 Å². The molecule has 0 bridgehead atoms. The summed E-state index contributed by atoms with van der Waals surface area (Å²) in [6.07, 6.45) is -3.56. The van der Waals surface area contributed by atoms with Gasteiger partial charge in [0.1, 0.15) is 6.54 Å². The summed E-state index contributed by atoms with van der Waals surface area (Å²) < 4.78 is 36.7. The van der Waals surface area contributed by atoms with Crippen molar-refractivity contribution in [3.05, 3.63) is 35.4 Å². The maximum Gasteiger partial charge on any atom is 0.405 e. The number of hydrogen-bond donors (Lipinski definition) is 1. The number of nitriles is 1. The molecule has 1 N–H and O–H groups in total. The van der Waals surface area contributed by atoms with E-state index >= 15 is 0 Å². The maximum atomic E-state index is 12.2. The van der Waals surface area contributed by atoms with Gasteiger partial charge in [-0.15, -0.1) is 0 Å². The fourth-order valence-electron chi connectivity index (χ4n) is 2.98. The number of halogens is 3. The van der Waals surface area contributed by atoms with Gasteiger partial charge >= 0.3 is 6.18 Å². The van der Waals surface area contributed by atoms with E-state index in [2.05, 4.69) is 11.0 Å². The number of amides is 1. The van der Waals surface area contributed by atoms with Gasteiger partial charge in [0.25, 0.3) is 0 Å². The number of nitrogens with one attached hydrogen (secondary N) is 1. The predicted octanol–water partition coefficient (Wildman–Crippen LogP) is 2.13. The molecule has 26 heavy (non-hydrogen) atoms. The second-order valence-corrected chi connectivity index (χ2v) is 6.48. The molecule has 1 aromatic carbocycles. The lowest BCUT2D eigenvalue weighted by Gasteiger charge is -2.27. The molecule has 0 radical (unpaired) electrons. The summed E-state index contributed by atoms with van der Waals surface area (Å²) >= 11 is 0. The fraction of sp³-hybridized carbons (Fsp3) is 0.556. The van der Waals surface area contributed by atoms with Crippen LogP contribution in [0.25, 0.3) is 0 Å². The SMILES string of the molecule is CC(C(=O)NCC(F)(F)F)N1CCCN(Cc2ccc(C#N)cc2)CC1. The van der Waals surface area contributed by atoms with E-state index in [4.69, 9.17) is 5.26 Å². The molecule has 0 aliphatic carbocycles. The van der Waals surface area contributed by atoms with Crippen LogP contribution in [0.4, 0.5) is 13.2 Å². The molecule has 1 atom stereocenters. The van der Waals surface area contributed by atoms with E-state index in [0.29, 0.717) is 18.7 Å². The van der Waals surface area contributed by atoms with E-state index in [1.807, 2.05) is 22.3 Å². The molecule has 1 unspecified atom stereocenters. The number of carbonyl (C=O) groups is 1. The molecule has 1 heterocycles. The van der Waals surface area contributed by atoms with Gasteiger partial charge in [-0.2, -0.15) is 18.4 Å². The van der Waals surface area contributed by atoms with E-state index in [-0.39, 0.29) is 0 Å². The molecule has 1 aliphatic heterocycles. The molecule has 0 saturated carbocycles. The molecule has 1 aliphatic rings. The first-order valence-electron chi connectivity index (χ1n) is 8.58. The Bertz CT molecular complexity index is 639. The summed E-state index contributed by atoms with van der Waals surface area (Å²) in [7, 11) is 0. The highest BCUT2D eigenvalue weighted by Gasteiger charge is 2.30. The zero-order chi connectivity index (χ0) is 19.2. The number of rotatable bonds is 5. The highest BCUT2D eigenvalue weighted by atomic mass is 19.4. The Kier molecular flexibility index (Phi) is 7.00. The quantitative estimate of drug-likeness (QED) is 0.865. The number of alkyl halides is 3. The summed E-state index contributed by atoms with van der Waals surface area (Å²) in [6.45, 7) is 3.97. The number of hydrogen-bond acceptors (Lipinski definition) is 4. The molecule has 5 nitrogen and oxygen atoms in total. The molecule has 2 rings (SSSR count). The van der Waals surface area contributed by atoms with Crippen molar-refractivity contribution in [1.82, 2.24) is 15.1 Å². The number of benzene rings is 1. The highest BCUT2D eigenvalue weighted by Crippen LogP contribution is 2.14. The molecule has 1 aromatic rings. The Labute approximate surface area is 151 Å². The summed E-state index contributed by atoms with van der Waals surface area (Å²) in [6, 6.07) is 8.92. The third kappa shape index (κ3) is 6.32. The summed E-state index contributed by atoms with van der Waals surface area (Å²) in [4.78, 5) is 16.1. The third-order valence-electron chi connectivity index (χ3n) is 4.50. The van der Waals surface area contributed by atoms with Gasteiger partial charge in [0, 0.05) is 26.2 Å². The van der Waals surface area contributed by atoms with Gasteiger partial charge in [0.15, 0.2) is 0 Å². The van der Waals surface area contributed by atoms with Gasteiger partial charge in [-0.3, -0.25) is 14.6 Å². The minimum absolute atomic E-state index is 0.591. The van der Waals surface area contributed by atoms with Crippen molar-refractivity contribution in [2.75, 3.05) is 32.7 Å². The Morgan fingerprint density at radius 2 is 1.92 bits per heavy atom. The van der Waals surface area contributed by atoms with Crippen molar-refractivity contribution in [2.45, 2.75) is 32.1 Å². The number of nitrogens with zero attached hydrogens (tertiary/aromatic N) is 3. The van der Waals surface area contributed by atoms with Crippen LogP contribution in [0.3, 0.4) is 0 Å². The second kappa shape index (κ2) is 9.01. The fourth-order valence-corrected chi connectivity index (χ4v) is 2.98. The van der Waals surface area contributed by atoms with E-state index in [9.17, 15) is 18.0 Å². The zero-order valence-electron chi connectivity index (χ0n) is 14.7. The van der Waals surface area contributed by atoms with Crippen LogP contribution in [-0.4, -0.2) is 60.6 Å². The first-order valence-corrected chi connectivity index (χ1v) is 8.58. The predicted molar refractivity (Wildman–Crippen MR) is 91.2 cm³/mol. The summed E-state index contributed by atoms with van der Waals surface area (Å²) in [5.41, 5.74) is 1.72. The van der Waals surface area contributed by atoms with Crippen LogP contribution in [0.15, 0.2) is 24.3 Å². The van der Waals surface area contributed by atoms with Crippen molar-refractivity contribution in [3.8, 4) is 6.07 Å². The molecule has 1 saturated heterocycles. The van der Waals surface area contributed by atoms with Crippen LogP contribution in [-0.2, 0) is 11.3 Å². The molecule has 0 aromatic heterocycles. The van der Waals surface area contributed by atoms with Crippen LogP contribution in [0.5, 0.6) is 0 Å². The molecule has 0 spiro atoms. The second-order valence-electron chi connectivity index (χ2n) is 6.48. The lowest BCUT2D eigenvalue weighted by Crippen LogP contribution is -2.48. The number of carbonyl (C=O) groups excluding carboxylic acids is 1. The summed E-state index contributed by atoms with van der Waals surface area (Å²) in [5, 5.41) is 10.8. The van der Waals surface area contributed by atoms with Gasteiger partial charge in [-0.25, -0.2) is 0 Å². The van der Waals surface area contributed by atoms with E-state index in [1.54, 1.807) is 19.1 Å². The van der Waals surface area contributed by atoms with Crippen LogP contribution in [0.1, 0.15) is 24.5 Å². The Morgan fingerprint density at radius 3 is 2.54 bits per heavy atom. The lowest BCUT2D eigenvalue weighted by molar-refractivity contribution is -0.141. The molecular formula is C18H23F3N4O. The van der Waals surface area contributed by atoms with Crippen molar-refractivity contribution >= 4 is 5.91 Å². The normalized spacial score (nSPS) is 18.0. The minimum Gasteiger partial charge on any atom is -0.346 e. The van der Waals surface area contributed by atoms with Gasteiger partial charge < -0.3 is 5.32 Å². The van der Waals surface area contributed by atoms with Crippen LogP contribution < -0.4 is 5.32 Å². The largest absolute Gasteiger partial charge is 0.405 e. The van der Waals surface area contributed by atoms with E-state index < -0.39 is 24.7 Å². The van der Waals surface area contributed by atoms with Crippen LogP contribution in [0, 0.1) is 11.3 Å². The molecule has 1 fully saturated rings. The monoisotopic (exact) mass is 368 g/mol. The average Bonchev–Trinajstić information content (AvgIpc) is 2.84. The first-order chi connectivity index (χ1) is 12.3. The maximum absolute atomic E-state index is 12.2. The molecule has 8 heteroatoms. The van der Waals surface area contributed by atoms with Gasteiger partial charge in [0.2, 0.25) is 5.91 Å². The summed E-state index contributed by atoms with van der Waals surface area (Å²) in [5.74, 6) is -0.595. The van der Waals surface area contributed by atoms with Gasteiger partial charge in [0.05, 0.1) is 17.7 Å². The van der Waals surface area contributed by atoms with E-state index in [1.165, 1.54) is 0 Å². The molecular weight excluding hydrogens is 345 g/mol. The Hall–Kier alpha value is -2.11. The Balaban J connectivity index is 1.84. The van der Waals surface area contributed by atoms with Crippen molar-refractivity contribution in [3.63, 3.8) is 0 Å². The molecule has 1 amide bonds. The van der Waals surface area contributed by atoms with E-state index in [0.717, 1.165) is 31.6 Å². The average molecular weight is 368 g/mol. The lowest BCUT2D eigenvalue weighted by atomic mass is 10.1. The van der Waals surface area contributed by atoms with Crippen molar-refractivity contribution < 1.29 is 18.0 Å². The van der Waals surface area contributed by atoms with Crippen LogP contribution >= 0.6 is 0 Å². The first kappa shape index (κ1) is 20.2.